The van der Waals surface area contributed by atoms with Crippen molar-refractivity contribution < 1.29 is 14.6 Å². The number of hydrogen-bond donors (Lipinski definition) is 1. The molecule has 0 aliphatic heterocycles. The number of carbonyl (C=O) groups is 1. The van der Waals surface area contributed by atoms with Crippen LogP contribution in [-0.2, 0) is 0 Å². The predicted octanol–water partition coefficient (Wildman–Crippen LogP) is 3.99. The van der Waals surface area contributed by atoms with Crippen LogP contribution < -0.4 is 4.74 Å². The fourth-order valence-electron chi connectivity index (χ4n) is 2.30. The Labute approximate surface area is 118 Å². The maximum absolute atomic E-state index is 11.1. The zero-order valence-corrected chi connectivity index (χ0v) is 12.2. The Balaban J connectivity index is 2.70. The average Bonchev–Trinajstić information content (AvgIpc) is 2.42. The third kappa shape index (κ3) is 2.52. The number of methoxy groups -OCH3 is 1. The SMILES string of the molecule is COc1ccc(C(=O)O)cc1-c1cc(C)c(C)cc1C. The summed E-state index contributed by atoms with van der Waals surface area (Å²) in [6.45, 7) is 6.14. The van der Waals surface area contributed by atoms with Crippen molar-refractivity contribution in [2.24, 2.45) is 0 Å². The quantitative estimate of drug-likeness (QED) is 0.917. The topological polar surface area (TPSA) is 46.5 Å². The van der Waals surface area contributed by atoms with E-state index < -0.39 is 5.97 Å². The minimum absolute atomic E-state index is 0.262. The molecule has 0 aromatic heterocycles. The van der Waals surface area contributed by atoms with Crippen LogP contribution >= 0.6 is 0 Å². The third-order valence-corrected chi connectivity index (χ3v) is 3.58. The lowest BCUT2D eigenvalue weighted by Gasteiger charge is -2.14. The summed E-state index contributed by atoms with van der Waals surface area (Å²) in [5.41, 5.74) is 5.58. The molecule has 1 N–H and O–H groups in total. The molecule has 3 heteroatoms. The van der Waals surface area contributed by atoms with Gasteiger partial charge in [-0.2, -0.15) is 0 Å². The zero-order valence-electron chi connectivity index (χ0n) is 12.2. The lowest BCUT2D eigenvalue weighted by atomic mass is 9.94. The second-order valence-corrected chi connectivity index (χ2v) is 4.97. The van der Waals surface area contributed by atoms with Crippen molar-refractivity contribution in [1.82, 2.24) is 0 Å². The molecule has 0 heterocycles. The number of aryl methyl sites for hydroxylation is 3. The Morgan fingerprint density at radius 2 is 1.60 bits per heavy atom. The van der Waals surface area contributed by atoms with E-state index in [2.05, 4.69) is 19.1 Å². The highest BCUT2D eigenvalue weighted by molar-refractivity contribution is 5.91. The molecule has 0 spiro atoms. The molecule has 2 aromatic carbocycles. The molecule has 0 radical (unpaired) electrons. The van der Waals surface area contributed by atoms with Crippen molar-refractivity contribution in [3.05, 3.63) is 52.6 Å². The van der Waals surface area contributed by atoms with E-state index in [1.807, 2.05) is 13.8 Å². The first-order valence-corrected chi connectivity index (χ1v) is 6.43. The van der Waals surface area contributed by atoms with Crippen molar-refractivity contribution in [2.75, 3.05) is 7.11 Å². The highest BCUT2D eigenvalue weighted by atomic mass is 16.5. The van der Waals surface area contributed by atoms with E-state index in [0.717, 1.165) is 16.7 Å². The van der Waals surface area contributed by atoms with Crippen LogP contribution in [0.4, 0.5) is 0 Å². The maximum atomic E-state index is 11.1. The van der Waals surface area contributed by atoms with E-state index in [1.165, 1.54) is 11.1 Å². The van der Waals surface area contributed by atoms with Gasteiger partial charge in [0.2, 0.25) is 0 Å². The van der Waals surface area contributed by atoms with Crippen LogP contribution in [0.15, 0.2) is 30.3 Å². The molecule has 0 saturated heterocycles. The van der Waals surface area contributed by atoms with Gasteiger partial charge in [0.1, 0.15) is 5.75 Å². The molecule has 0 aliphatic rings. The monoisotopic (exact) mass is 270 g/mol. The fraction of sp³-hybridized carbons (Fsp3) is 0.235. The van der Waals surface area contributed by atoms with Gasteiger partial charge in [-0.3, -0.25) is 0 Å². The Kier molecular flexibility index (Phi) is 3.79. The Bertz CT molecular complexity index is 672. The molecule has 0 bridgehead atoms. The van der Waals surface area contributed by atoms with E-state index in [1.54, 1.807) is 25.3 Å². The van der Waals surface area contributed by atoms with Crippen molar-refractivity contribution >= 4 is 5.97 Å². The Morgan fingerprint density at radius 1 is 0.950 bits per heavy atom. The highest BCUT2D eigenvalue weighted by Crippen LogP contribution is 2.34. The molecule has 3 nitrogen and oxygen atoms in total. The summed E-state index contributed by atoms with van der Waals surface area (Å²) < 4.78 is 5.37. The van der Waals surface area contributed by atoms with E-state index in [9.17, 15) is 4.79 Å². The van der Waals surface area contributed by atoms with Gasteiger partial charge in [0, 0.05) is 5.56 Å². The smallest absolute Gasteiger partial charge is 0.335 e. The minimum Gasteiger partial charge on any atom is -0.496 e. The lowest BCUT2D eigenvalue weighted by molar-refractivity contribution is 0.0697. The van der Waals surface area contributed by atoms with Gasteiger partial charge < -0.3 is 9.84 Å². The van der Waals surface area contributed by atoms with Gasteiger partial charge in [-0.25, -0.2) is 4.79 Å². The summed E-state index contributed by atoms with van der Waals surface area (Å²) in [7, 11) is 1.59. The largest absolute Gasteiger partial charge is 0.496 e. The standard InChI is InChI=1S/C17H18O3/c1-10-7-12(3)14(8-11(10)2)15-9-13(17(18)19)5-6-16(15)20-4/h5-9H,1-4H3,(H,18,19). The zero-order chi connectivity index (χ0) is 14.9. The molecule has 0 aliphatic carbocycles. The molecular weight excluding hydrogens is 252 g/mol. The number of ether oxygens (including phenoxy) is 1. The first-order chi connectivity index (χ1) is 9.43. The predicted molar refractivity (Wildman–Crippen MR) is 79.6 cm³/mol. The normalized spacial score (nSPS) is 10.4. The number of aromatic carboxylic acids is 1. The van der Waals surface area contributed by atoms with E-state index in [0.29, 0.717) is 5.75 Å². The minimum atomic E-state index is -0.935. The van der Waals surface area contributed by atoms with Crippen molar-refractivity contribution in [2.45, 2.75) is 20.8 Å². The number of benzene rings is 2. The summed E-state index contributed by atoms with van der Waals surface area (Å²) in [5, 5.41) is 9.15. The molecule has 2 aromatic rings. The van der Waals surface area contributed by atoms with Gasteiger partial charge in [-0.15, -0.1) is 0 Å². The molecule has 104 valence electrons. The molecule has 2 rings (SSSR count). The van der Waals surface area contributed by atoms with Crippen LogP contribution in [0, 0.1) is 20.8 Å². The number of rotatable bonds is 3. The van der Waals surface area contributed by atoms with Gasteiger partial charge in [-0.05, 0) is 61.2 Å². The Hall–Kier alpha value is -2.29. The van der Waals surface area contributed by atoms with Crippen LogP contribution in [0.3, 0.4) is 0 Å². The summed E-state index contributed by atoms with van der Waals surface area (Å²) >= 11 is 0. The summed E-state index contributed by atoms with van der Waals surface area (Å²) in [5.74, 6) is -0.253. The third-order valence-electron chi connectivity index (χ3n) is 3.58. The van der Waals surface area contributed by atoms with E-state index in [4.69, 9.17) is 9.84 Å². The van der Waals surface area contributed by atoms with Crippen molar-refractivity contribution in [3.63, 3.8) is 0 Å². The lowest BCUT2D eigenvalue weighted by Crippen LogP contribution is -1.99. The Morgan fingerprint density at radius 3 is 2.20 bits per heavy atom. The molecule has 0 saturated carbocycles. The van der Waals surface area contributed by atoms with Gasteiger partial charge in [0.15, 0.2) is 0 Å². The van der Waals surface area contributed by atoms with Crippen LogP contribution in [-0.4, -0.2) is 18.2 Å². The van der Waals surface area contributed by atoms with Gasteiger partial charge >= 0.3 is 5.97 Å². The maximum Gasteiger partial charge on any atom is 0.335 e. The molecular formula is C17H18O3. The van der Waals surface area contributed by atoms with Crippen molar-refractivity contribution in [3.8, 4) is 16.9 Å². The van der Waals surface area contributed by atoms with Crippen molar-refractivity contribution in [1.29, 1.82) is 0 Å². The second-order valence-electron chi connectivity index (χ2n) is 4.97. The van der Waals surface area contributed by atoms with Crippen LogP contribution in [0.1, 0.15) is 27.0 Å². The highest BCUT2D eigenvalue weighted by Gasteiger charge is 2.13. The first-order valence-electron chi connectivity index (χ1n) is 6.43. The van der Waals surface area contributed by atoms with Crippen LogP contribution in [0.5, 0.6) is 5.75 Å². The van der Waals surface area contributed by atoms with E-state index in [-0.39, 0.29) is 5.56 Å². The summed E-state index contributed by atoms with van der Waals surface area (Å²) in [6, 6.07) is 9.11. The molecule has 20 heavy (non-hydrogen) atoms. The van der Waals surface area contributed by atoms with Gasteiger partial charge in [-0.1, -0.05) is 12.1 Å². The number of carboxylic acids is 1. The van der Waals surface area contributed by atoms with E-state index >= 15 is 0 Å². The van der Waals surface area contributed by atoms with Gasteiger partial charge in [0.25, 0.3) is 0 Å². The van der Waals surface area contributed by atoms with Crippen LogP contribution in [0.25, 0.3) is 11.1 Å². The molecule has 0 fully saturated rings. The molecule has 0 unspecified atom stereocenters. The first kappa shape index (κ1) is 14.1. The number of carboxylic acid groups (broad SMARTS) is 1. The summed E-state index contributed by atoms with van der Waals surface area (Å²) in [6.07, 6.45) is 0. The molecule has 0 atom stereocenters. The van der Waals surface area contributed by atoms with Gasteiger partial charge in [0.05, 0.1) is 12.7 Å². The number of hydrogen-bond acceptors (Lipinski definition) is 2. The average molecular weight is 270 g/mol. The summed E-state index contributed by atoms with van der Waals surface area (Å²) in [4.78, 5) is 11.1. The van der Waals surface area contributed by atoms with Crippen LogP contribution in [0.2, 0.25) is 0 Å². The second kappa shape index (κ2) is 5.37. The molecule has 0 amide bonds. The fourth-order valence-corrected chi connectivity index (χ4v) is 2.30.